The molecule has 0 aliphatic heterocycles. The maximum Gasteiger partial charge on any atom is 0.388 e. The van der Waals surface area contributed by atoms with Crippen LogP contribution in [0.15, 0.2) is 6.20 Å². The normalized spacial score (nSPS) is 10.8. The lowest BCUT2D eigenvalue weighted by atomic mass is 10.4. The van der Waals surface area contributed by atoms with E-state index in [0.717, 1.165) is 0 Å². The quantitative estimate of drug-likeness (QED) is 0.702. The Hall–Kier alpha value is -1.13. The smallest absolute Gasteiger partial charge is 0.388 e. The topological polar surface area (TPSA) is 27.1 Å². The van der Waals surface area contributed by atoms with Crippen LogP contribution in [0.2, 0.25) is 0 Å². The first-order valence-corrected chi connectivity index (χ1v) is 3.62. The van der Waals surface area contributed by atoms with Gasteiger partial charge in [0.1, 0.15) is 0 Å². The predicted molar refractivity (Wildman–Crippen MR) is 39.3 cm³/mol. The lowest BCUT2D eigenvalue weighted by Crippen LogP contribution is -2.08. The van der Waals surface area contributed by atoms with Crippen molar-refractivity contribution in [1.82, 2.24) is 9.78 Å². The molecule has 0 unspecified atom stereocenters. The van der Waals surface area contributed by atoms with Gasteiger partial charge in [0.05, 0.1) is 6.20 Å². The van der Waals surface area contributed by atoms with Crippen LogP contribution in [0, 0.1) is 6.92 Å². The maximum absolute atomic E-state index is 11.8. The molecule has 0 spiro atoms. The molecular weight excluding hydrogens is 166 g/mol. The molecule has 12 heavy (non-hydrogen) atoms. The SMILES string of the molecule is CCn1ncc(C)c1OC(F)F. The zero-order valence-electron chi connectivity index (χ0n) is 6.92. The van der Waals surface area contributed by atoms with Crippen molar-refractivity contribution in [3.63, 3.8) is 0 Å². The van der Waals surface area contributed by atoms with E-state index in [1.807, 2.05) is 6.92 Å². The Morgan fingerprint density at radius 3 is 2.83 bits per heavy atom. The van der Waals surface area contributed by atoms with E-state index in [4.69, 9.17) is 0 Å². The molecule has 0 radical (unpaired) electrons. The second-order valence-electron chi connectivity index (χ2n) is 2.33. The Kier molecular flexibility index (Phi) is 2.62. The van der Waals surface area contributed by atoms with Gasteiger partial charge in [-0.1, -0.05) is 0 Å². The van der Waals surface area contributed by atoms with Crippen molar-refractivity contribution in [2.24, 2.45) is 0 Å². The lowest BCUT2D eigenvalue weighted by molar-refractivity contribution is -0.0562. The summed E-state index contributed by atoms with van der Waals surface area (Å²) in [7, 11) is 0. The van der Waals surface area contributed by atoms with Crippen molar-refractivity contribution in [2.45, 2.75) is 27.0 Å². The Morgan fingerprint density at radius 2 is 2.33 bits per heavy atom. The van der Waals surface area contributed by atoms with Crippen molar-refractivity contribution in [3.8, 4) is 5.88 Å². The van der Waals surface area contributed by atoms with Crippen LogP contribution < -0.4 is 4.74 Å². The van der Waals surface area contributed by atoms with Crippen molar-refractivity contribution >= 4 is 0 Å². The molecule has 0 amide bonds. The number of rotatable bonds is 3. The van der Waals surface area contributed by atoms with E-state index >= 15 is 0 Å². The highest BCUT2D eigenvalue weighted by molar-refractivity contribution is 5.21. The molecule has 0 aromatic carbocycles. The molecule has 5 heteroatoms. The molecule has 1 heterocycles. The van der Waals surface area contributed by atoms with E-state index in [1.165, 1.54) is 10.9 Å². The highest BCUT2D eigenvalue weighted by atomic mass is 19.3. The predicted octanol–water partition coefficient (Wildman–Crippen LogP) is 1.81. The third kappa shape index (κ3) is 1.72. The Bertz CT molecular complexity index is 260. The van der Waals surface area contributed by atoms with Crippen LogP contribution in [-0.2, 0) is 6.54 Å². The summed E-state index contributed by atoms with van der Waals surface area (Å²) < 4.78 is 29.3. The molecule has 0 saturated heterocycles. The van der Waals surface area contributed by atoms with Crippen LogP contribution in [0.3, 0.4) is 0 Å². The summed E-state index contributed by atoms with van der Waals surface area (Å²) in [6.07, 6.45) is 1.50. The van der Waals surface area contributed by atoms with Gasteiger partial charge in [0, 0.05) is 12.1 Å². The van der Waals surface area contributed by atoms with Crippen LogP contribution in [0.5, 0.6) is 5.88 Å². The molecule has 3 nitrogen and oxygen atoms in total. The highest BCUT2D eigenvalue weighted by Crippen LogP contribution is 2.18. The first-order valence-electron chi connectivity index (χ1n) is 3.62. The number of halogens is 2. The number of aromatic nitrogens is 2. The molecule has 0 N–H and O–H groups in total. The van der Waals surface area contributed by atoms with Gasteiger partial charge in [-0.3, -0.25) is 0 Å². The first kappa shape index (κ1) is 8.96. The summed E-state index contributed by atoms with van der Waals surface area (Å²) in [5, 5.41) is 3.85. The average molecular weight is 176 g/mol. The first-order chi connectivity index (χ1) is 5.65. The standard InChI is InChI=1S/C7H10F2N2O/c1-3-11-6(12-7(8)9)5(2)4-10-11/h4,7H,3H2,1-2H3. The van der Waals surface area contributed by atoms with E-state index < -0.39 is 6.61 Å². The molecule has 0 aliphatic carbocycles. The van der Waals surface area contributed by atoms with Gasteiger partial charge in [0.15, 0.2) is 0 Å². The third-order valence-electron chi connectivity index (χ3n) is 1.46. The fourth-order valence-corrected chi connectivity index (χ4v) is 0.931. The van der Waals surface area contributed by atoms with Crippen LogP contribution in [0.25, 0.3) is 0 Å². The van der Waals surface area contributed by atoms with Gasteiger partial charge in [-0.15, -0.1) is 0 Å². The molecule has 0 bridgehead atoms. The fraction of sp³-hybridized carbons (Fsp3) is 0.571. The molecule has 0 saturated carbocycles. The van der Waals surface area contributed by atoms with Crippen LogP contribution in [-0.4, -0.2) is 16.4 Å². The summed E-state index contributed by atoms with van der Waals surface area (Å²) in [5.74, 6) is 0.146. The number of hydrogen-bond donors (Lipinski definition) is 0. The second kappa shape index (κ2) is 3.51. The monoisotopic (exact) mass is 176 g/mol. The van der Waals surface area contributed by atoms with Crippen LogP contribution in [0.1, 0.15) is 12.5 Å². The van der Waals surface area contributed by atoms with E-state index in [9.17, 15) is 8.78 Å². The zero-order chi connectivity index (χ0) is 9.14. The summed E-state index contributed by atoms with van der Waals surface area (Å²) in [6.45, 7) is 1.23. The number of ether oxygens (including phenoxy) is 1. The molecular formula is C7H10F2N2O. The Morgan fingerprint density at radius 1 is 1.67 bits per heavy atom. The summed E-state index contributed by atoms with van der Waals surface area (Å²) in [4.78, 5) is 0. The number of alkyl halides is 2. The minimum Gasteiger partial charge on any atom is -0.417 e. The van der Waals surface area contributed by atoms with E-state index in [0.29, 0.717) is 12.1 Å². The highest BCUT2D eigenvalue weighted by Gasteiger charge is 2.12. The summed E-state index contributed by atoms with van der Waals surface area (Å²) in [6, 6.07) is 0. The Labute approximate surface area is 68.9 Å². The van der Waals surface area contributed by atoms with Gasteiger partial charge in [0.25, 0.3) is 0 Å². The van der Waals surface area contributed by atoms with Gasteiger partial charge in [0.2, 0.25) is 5.88 Å². The molecule has 0 atom stereocenters. The van der Waals surface area contributed by atoms with E-state index in [2.05, 4.69) is 9.84 Å². The molecule has 0 fully saturated rings. The number of nitrogens with zero attached hydrogens (tertiary/aromatic N) is 2. The molecule has 68 valence electrons. The van der Waals surface area contributed by atoms with Gasteiger partial charge >= 0.3 is 6.61 Å². The van der Waals surface area contributed by atoms with Gasteiger partial charge < -0.3 is 4.74 Å². The lowest BCUT2D eigenvalue weighted by Gasteiger charge is -2.06. The largest absolute Gasteiger partial charge is 0.417 e. The van der Waals surface area contributed by atoms with E-state index in [1.54, 1.807) is 6.92 Å². The maximum atomic E-state index is 11.8. The van der Waals surface area contributed by atoms with Crippen molar-refractivity contribution in [2.75, 3.05) is 0 Å². The Balaban J connectivity index is 2.86. The number of aryl methyl sites for hydroxylation is 2. The number of hydrogen-bond acceptors (Lipinski definition) is 2. The van der Waals surface area contributed by atoms with E-state index in [-0.39, 0.29) is 5.88 Å². The van der Waals surface area contributed by atoms with Gasteiger partial charge in [-0.2, -0.15) is 13.9 Å². The van der Waals surface area contributed by atoms with Crippen molar-refractivity contribution in [1.29, 1.82) is 0 Å². The van der Waals surface area contributed by atoms with Gasteiger partial charge in [-0.25, -0.2) is 4.68 Å². The summed E-state index contributed by atoms with van der Waals surface area (Å²) in [5.41, 5.74) is 0.622. The molecule has 1 aromatic heterocycles. The minimum absolute atomic E-state index is 0.146. The summed E-state index contributed by atoms with van der Waals surface area (Å²) >= 11 is 0. The van der Waals surface area contributed by atoms with Crippen molar-refractivity contribution < 1.29 is 13.5 Å². The second-order valence-corrected chi connectivity index (χ2v) is 2.33. The van der Waals surface area contributed by atoms with Crippen LogP contribution >= 0.6 is 0 Å². The van der Waals surface area contributed by atoms with Gasteiger partial charge in [-0.05, 0) is 13.8 Å². The molecule has 1 rings (SSSR count). The van der Waals surface area contributed by atoms with Crippen LogP contribution in [0.4, 0.5) is 8.78 Å². The van der Waals surface area contributed by atoms with Crippen molar-refractivity contribution in [3.05, 3.63) is 11.8 Å². The third-order valence-corrected chi connectivity index (χ3v) is 1.46. The molecule has 0 aliphatic rings. The minimum atomic E-state index is -2.79. The zero-order valence-corrected chi connectivity index (χ0v) is 6.92. The average Bonchev–Trinajstić information content (AvgIpc) is 2.32. The molecule has 1 aromatic rings. The fourth-order valence-electron chi connectivity index (χ4n) is 0.931.